The maximum Gasteiger partial charge on any atom is 0.263 e. The molecule has 16 heavy (non-hydrogen) atoms. The Hall–Kier alpha value is -1.81. The van der Waals surface area contributed by atoms with Gasteiger partial charge in [0.25, 0.3) is 5.88 Å². The Kier molecular flexibility index (Phi) is 2.15. The lowest BCUT2D eigenvalue weighted by Crippen LogP contribution is -2.06. The third-order valence-corrected chi connectivity index (χ3v) is 2.63. The molecule has 0 spiro atoms. The van der Waals surface area contributed by atoms with Crippen molar-refractivity contribution in [3.05, 3.63) is 36.2 Å². The molecule has 0 aliphatic carbocycles. The highest BCUT2D eigenvalue weighted by atomic mass is 35.5. The Morgan fingerprint density at radius 1 is 1.25 bits per heavy atom. The smallest absolute Gasteiger partial charge is 0.263 e. The highest BCUT2D eigenvalue weighted by molar-refractivity contribution is 6.17. The van der Waals surface area contributed by atoms with Crippen molar-refractivity contribution in [2.75, 3.05) is 5.32 Å². The fourth-order valence-electron chi connectivity index (χ4n) is 1.56. The van der Waals surface area contributed by atoms with Crippen LogP contribution in [0.5, 0.6) is 11.6 Å². The quantitative estimate of drug-likeness (QED) is 0.657. The topological polar surface area (TPSA) is 47.0 Å². The lowest BCUT2D eigenvalue weighted by atomic mass is 10.2. The molecular weight excluding hydrogens is 226 g/mol. The van der Waals surface area contributed by atoms with Crippen molar-refractivity contribution < 1.29 is 4.74 Å². The van der Waals surface area contributed by atoms with E-state index >= 15 is 0 Å². The first-order valence-corrected chi connectivity index (χ1v) is 5.35. The molecule has 1 aromatic carbocycles. The summed E-state index contributed by atoms with van der Waals surface area (Å²) >= 11 is 5.77. The summed E-state index contributed by atoms with van der Waals surface area (Å²) in [5.74, 6) is 2.33. The van der Waals surface area contributed by atoms with Crippen LogP contribution in [-0.2, 0) is 5.88 Å². The normalized spacial score (nSPS) is 12.1. The minimum absolute atomic E-state index is 0.474. The molecule has 1 aromatic heterocycles. The van der Waals surface area contributed by atoms with Crippen molar-refractivity contribution in [2.24, 2.45) is 0 Å². The van der Waals surface area contributed by atoms with E-state index in [9.17, 15) is 0 Å². The van der Waals surface area contributed by atoms with Crippen LogP contribution in [0.15, 0.2) is 30.6 Å². The minimum atomic E-state index is 0.474. The number of rotatable bonds is 1. The number of nitrogens with zero attached hydrogens (tertiary/aromatic N) is 2. The van der Waals surface area contributed by atoms with Crippen molar-refractivity contribution in [3.8, 4) is 11.6 Å². The molecular formula is C11H8ClN3O. The van der Waals surface area contributed by atoms with Crippen LogP contribution in [0.4, 0.5) is 11.5 Å². The van der Waals surface area contributed by atoms with Gasteiger partial charge in [-0.1, -0.05) is 6.07 Å². The zero-order chi connectivity index (χ0) is 11.0. The molecule has 1 aliphatic heterocycles. The lowest BCUT2D eigenvalue weighted by Gasteiger charge is -2.19. The number of aromatic nitrogens is 2. The van der Waals surface area contributed by atoms with Crippen molar-refractivity contribution in [1.29, 1.82) is 0 Å². The van der Waals surface area contributed by atoms with Gasteiger partial charge in [-0.3, -0.25) is 0 Å². The number of hydrogen-bond acceptors (Lipinski definition) is 4. The number of anilines is 2. The largest absolute Gasteiger partial charge is 0.434 e. The Morgan fingerprint density at radius 3 is 3.00 bits per heavy atom. The van der Waals surface area contributed by atoms with Crippen molar-refractivity contribution in [3.63, 3.8) is 0 Å². The van der Waals surface area contributed by atoms with Crippen LogP contribution in [-0.4, -0.2) is 9.97 Å². The van der Waals surface area contributed by atoms with Crippen LogP contribution in [0.25, 0.3) is 0 Å². The maximum atomic E-state index is 5.77. The van der Waals surface area contributed by atoms with E-state index in [2.05, 4.69) is 15.3 Å². The van der Waals surface area contributed by atoms with Crippen LogP contribution >= 0.6 is 11.6 Å². The van der Waals surface area contributed by atoms with Gasteiger partial charge in [0, 0.05) is 18.3 Å². The SMILES string of the molecule is ClCc1ccc2c(c1)Nc1nccnc1O2. The summed E-state index contributed by atoms with van der Waals surface area (Å²) in [7, 11) is 0. The second kappa shape index (κ2) is 3.64. The standard InChI is InChI=1S/C11H8ClN3O/c12-6-7-1-2-9-8(5-7)15-10-11(16-9)14-4-3-13-10/h1-5H,6H2,(H,13,15). The van der Waals surface area contributed by atoms with Gasteiger partial charge in [-0.2, -0.15) is 0 Å². The summed E-state index contributed by atoms with van der Waals surface area (Å²) in [6.45, 7) is 0. The van der Waals surface area contributed by atoms with Gasteiger partial charge in [-0.15, -0.1) is 11.6 Å². The third kappa shape index (κ3) is 1.47. The van der Waals surface area contributed by atoms with Gasteiger partial charge in [0.2, 0.25) is 0 Å². The zero-order valence-corrected chi connectivity index (χ0v) is 9.03. The number of nitrogens with one attached hydrogen (secondary N) is 1. The van der Waals surface area contributed by atoms with Crippen LogP contribution in [0.1, 0.15) is 5.56 Å². The Bertz CT molecular complexity index is 545. The number of ether oxygens (including phenoxy) is 1. The number of fused-ring (bicyclic) bond motifs is 2. The average Bonchev–Trinajstić information content (AvgIpc) is 2.35. The van der Waals surface area contributed by atoms with E-state index in [1.165, 1.54) is 0 Å². The predicted molar refractivity (Wildman–Crippen MR) is 61.4 cm³/mol. The van der Waals surface area contributed by atoms with Gasteiger partial charge in [-0.05, 0) is 17.7 Å². The number of benzene rings is 1. The minimum Gasteiger partial charge on any atom is -0.434 e. The van der Waals surface area contributed by atoms with Gasteiger partial charge in [0.1, 0.15) is 0 Å². The summed E-state index contributed by atoms with van der Waals surface area (Å²) in [4.78, 5) is 8.23. The molecule has 5 heteroatoms. The molecule has 1 N–H and O–H groups in total. The highest BCUT2D eigenvalue weighted by Crippen LogP contribution is 2.39. The molecule has 80 valence electrons. The first-order valence-electron chi connectivity index (χ1n) is 4.81. The van der Waals surface area contributed by atoms with E-state index in [0.29, 0.717) is 17.6 Å². The van der Waals surface area contributed by atoms with Crippen LogP contribution in [0.2, 0.25) is 0 Å². The van der Waals surface area contributed by atoms with Gasteiger partial charge in [0.15, 0.2) is 11.6 Å². The summed E-state index contributed by atoms with van der Waals surface area (Å²) in [5.41, 5.74) is 1.90. The second-order valence-electron chi connectivity index (χ2n) is 3.40. The Morgan fingerprint density at radius 2 is 2.12 bits per heavy atom. The van der Waals surface area contributed by atoms with Crippen LogP contribution < -0.4 is 10.1 Å². The zero-order valence-electron chi connectivity index (χ0n) is 8.27. The molecule has 0 atom stereocenters. The number of alkyl halides is 1. The fourth-order valence-corrected chi connectivity index (χ4v) is 1.73. The maximum absolute atomic E-state index is 5.77. The van der Waals surface area contributed by atoms with Gasteiger partial charge in [-0.25, -0.2) is 9.97 Å². The van der Waals surface area contributed by atoms with E-state index < -0.39 is 0 Å². The molecule has 3 rings (SSSR count). The number of halogens is 1. The second-order valence-corrected chi connectivity index (χ2v) is 3.67. The molecule has 2 aromatic rings. The van der Waals surface area contributed by atoms with E-state index in [1.54, 1.807) is 12.4 Å². The van der Waals surface area contributed by atoms with Crippen molar-refractivity contribution in [2.45, 2.75) is 5.88 Å². The number of hydrogen-bond donors (Lipinski definition) is 1. The average molecular weight is 234 g/mol. The van der Waals surface area contributed by atoms with Gasteiger partial charge in [0.05, 0.1) is 5.69 Å². The summed E-state index contributed by atoms with van der Waals surface area (Å²) in [6.07, 6.45) is 3.21. The molecule has 0 unspecified atom stereocenters. The molecule has 1 aliphatic rings. The fraction of sp³-hybridized carbons (Fsp3) is 0.0909. The summed E-state index contributed by atoms with van der Waals surface area (Å²) in [5, 5.41) is 3.16. The summed E-state index contributed by atoms with van der Waals surface area (Å²) in [6, 6.07) is 5.74. The predicted octanol–water partition coefficient (Wildman–Crippen LogP) is 3.06. The van der Waals surface area contributed by atoms with E-state index in [0.717, 1.165) is 17.0 Å². The molecule has 4 nitrogen and oxygen atoms in total. The Labute approximate surface area is 97.3 Å². The van der Waals surface area contributed by atoms with E-state index in [4.69, 9.17) is 16.3 Å². The van der Waals surface area contributed by atoms with Crippen LogP contribution in [0, 0.1) is 0 Å². The highest BCUT2D eigenvalue weighted by Gasteiger charge is 2.18. The first kappa shape index (κ1) is 9.42. The van der Waals surface area contributed by atoms with Crippen molar-refractivity contribution in [1.82, 2.24) is 9.97 Å². The van der Waals surface area contributed by atoms with E-state index in [1.807, 2.05) is 18.2 Å². The first-order chi connectivity index (χ1) is 7.86. The lowest BCUT2D eigenvalue weighted by molar-refractivity contribution is 0.458. The molecule has 0 radical (unpaired) electrons. The monoisotopic (exact) mass is 233 g/mol. The summed E-state index contributed by atoms with van der Waals surface area (Å²) < 4.78 is 5.60. The molecule has 0 fully saturated rings. The van der Waals surface area contributed by atoms with E-state index in [-0.39, 0.29) is 0 Å². The van der Waals surface area contributed by atoms with Gasteiger partial charge >= 0.3 is 0 Å². The molecule has 0 saturated heterocycles. The Balaban J connectivity index is 2.05. The molecule has 0 amide bonds. The third-order valence-electron chi connectivity index (χ3n) is 2.32. The van der Waals surface area contributed by atoms with Crippen LogP contribution in [0.3, 0.4) is 0 Å². The molecule has 0 saturated carbocycles. The van der Waals surface area contributed by atoms with Crippen molar-refractivity contribution >= 4 is 23.1 Å². The van der Waals surface area contributed by atoms with Gasteiger partial charge < -0.3 is 10.1 Å². The molecule has 0 bridgehead atoms. The molecule has 2 heterocycles.